The fourth-order valence-corrected chi connectivity index (χ4v) is 4.66. The zero-order chi connectivity index (χ0) is 17.8. The normalized spacial score (nSPS) is 13.0. The van der Waals surface area contributed by atoms with Crippen LogP contribution >= 0.6 is 22.7 Å². The molecule has 3 heterocycles. The van der Waals surface area contributed by atoms with Crippen LogP contribution in [-0.4, -0.2) is 30.1 Å². The third-order valence-electron chi connectivity index (χ3n) is 3.86. The first-order valence-corrected chi connectivity index (χ1v) is 9.60. The molecule has 0 fully saturated rings. The van der Waals surface area contributed by atoms with Gasteiger partial charge in [-0.25, -0.2) is 4.79 Å². The summed E-state index contributed by atoms with van der Waals surface area (Å²) in [7, 11) is 0. The van der Waals surface area contributed by atoms with Crippen molar-refractivity contribution in [2.75, 3.05) is 18.5 Å². The van der Waals surface area contributed by atoms with E-state index in [2.05, 4.69) is 11.4 Å². The summed E-state index contributed by atoms with van der Waals surface area (Å²) in [5.74, 6) is -0.139. The fraction of sp³-hybridized carbons (Fsp3) is 0.353. The Bertz CT molecular complexity index is 821. The number of hydrogen-bond donors (Lipinski definition) is 1. The lowest BCUT2D eigenvalue weighted by molar-refractivity contribution is -0.115. The van der Waals surface area contributed by atoms with Gasteiger partial charge in [0.25, 0.3) is 0 Å². The molecule has 0 spiro atoms. The lowest BCUT2D eigenvalue weighted by Gasteiger charge is -2.25. The number of fused-ring (bicyclic) bond motifs is 1. The maximum absolute atomic E-state index is 12.2. The van der Waals surface area contributed by atoms with Crippen molar-refractivity contribution in [2.45, 2.75) is 26.3 Å². The van der Waals surface area contributed by atoms with E-state index in [4.69, 9.17) is 4.74 Å². The quantitative estimate of drug-likeness (QED) is 0.888. The second kappa shape index (κ2) is 7.68. The summed E-state index contributed by atoms with van der Waals surface area (Å²) in [6.45, 7) is 3.03. The number of nitriles is 1. The highest BCUT2D eigenvalue weighted by molar-refractivity contribution is 7.16. The van der Waals surface area contributed by atoms with Crippen molar-refractivity contribution < 1.29 is 14.3 Å². The molecule has 0 aliphatic carbocycles. The van der Waals surface area contributed by atoms with Crippen molar-refractivity contribution >= 4 is 39.7 Å². The Morgan fingerprint density at radius 1 is 1.48 bits per heavy atom. The molecule has 3 rings (SSSR count). The van der Waals surface area contributed by atoms with E-state index in [0.717, 1.165) is 15.3 Å². The first kappa shape index (κ1) is 17.5. The molecule has 2 amide bonds. The molecule has 1 aliphatic rings. The Balaban J connectivity index is 1.75. The predicted molar refractivity (Wildman–Crippen MR) is 96.8 cm³/mol. The van der Waals surface area contributed by atoms with Gasteiger partial charge in [0.1, 0.15) is 11.1 Å². The Morgan fingerprint density at radius 3 is 3.00 bits per heavy atom. The zero-order valence-electron chi connectivity index (χ0n) is 13.7. The number of carbonyl (C=O) groups is 2. The van der Waals surface area contributed by atoms with Crippen LogP contribution in [0.4, 0.5) is 9.80 Å². The number of nitrogens with zero attached hydrogens (tertiary/aromatic N) is 2. The molecule has 0 saturated heterocycles. The molecule has 1 N–H and O–H groups in total. The molecule has 0 radical (unpaired) electrons. The second-order valence-electron chi connectivity index (χ2n) is 5.49. The van der Waals surface area contributed by atoms with Gasteiger partial charge in [0, 0.05) is 16.3 Å². The minimum absolute atomic E-state index is 0.139. The predicted octanol–water partition coefficient (Wildman–Crippen LogP) is 3.38. The van der Waals surface area contributed by atoms with Crippen molar-refractivity contribution in [1.82, 2.24) is 4.90 Å². The Hall–Kier alpha value is -2.37. The maximum Gasteiger partial charge on any atom is 0.410 e. The van der Waals surface area contributed by atoms with E-state index >= 15 is 0 Å². The van der Waals surface area contributed by atoms with E-state index < -0.39 is 0 Å². The highest BCUT2D eigenvalue weighted by Crippen LogP contribution is 2.36. The van der Waals surface area contributed by atoms with Crippen molar-refractivity contribution in [3.8, 4) is 6.07 Å². The summed E-state index contributed by atoms with van der Waals surface area (Å²) in [4.78, 5) is 27.7. The largest absolute Gasteiger partial charge is 0.450 e. The van der Waals surface area contributed by atoms with E-state index in [1.165, 1.54) is 22.7 Å². The molecular formula is C17H17N3O3S2. The molecule has 0 bridgehead atoms. The molecule has 8 heteroatoms. The molecule has 2 aromatic heterocycles. The van der Waals surface area contributed by atoms with Gasteiger partial charge >= 0.3 is 6.09 Å². The fourth-order valence-electron chi connectivity index (χ4n) is 2.72. The number of anilines is 1. The molecule has 0 saturated carbocycles. The van der Waals surface area contributed by atoms with Crippen LogP contribution in [0.1, 0.15) is 27.8 Å². The highest BCUT2D eigenvalue weighted by atomic mass is 32.1. The molecule has 130 valence electrons. The van der Waals surface area contributed by atoms with E-state index in [-0.39, 0.29) is 12.0 Å². The van der Waals surface area contributed by atoms with Crippen LogP contribution in [0.5, 0.6) is 0 Å². The summed E-state index contributed by atoms with van der Waals surface area (Å²) in [5.41, 5.74) is 1.45. The summed E-state index contributed by atoms with van der Waals surface area (Å²) in [6, 6.07) is 6.01. The van der Waals surface area contributed by atoms with Gasteiger partial charge in [-0.2, -0.15) is 5.26 Å². The second-order valence-corrected chi connectivity index (χ2v) is 7.63. The number of amides is 2. The average molecular weight is 375 g/mol. The molecule has 0 atom stereocenters. The van der Waals surface area contributed by atoms with Crippen LogP contribution in [0, 0.1) is 11.3 Å². The van der Waals surface area contributed by atoms with Gasteiger partial charge in [-0.3, -0.25) is 4.79 Å². The molecule has 25 heavy (non-hydrogen) atoms. The van der Waals surface area contributed by atoms with Gasteiger partial charge in [-0.05, 0) is 30.4 Å². The van der Waals surface area contributed by atoms with Crippen molar-refractivity contribution in [3.63, 3.8) is 0 Å². The minimum Gasteiger partial charge on any atom is -0.450 e. The smallest absolute Gasteiger partial charge is 0.410 e. The third-order valence-corrected chi connectivity index (χ3v) is 5.87. The Kier molecular flexibility index (Phi) is 5.36. The summed E-state index contributed by atoms with van der Waals surface area (Å²) >= 11 is 2.89. The SMILES string of the molecule is CCOC(=O)N1CCc2c(sc(NC(=O)Cc3cccs3)c2C#N)C1. The number of nitrogens with one attached hydrogen (secondary N) is 1. The standard InChI is InChI=1S/C17H17N3O3S2/c1-2-23-17(22)20-6-5-12-13(9-18)16(25-14(12)10-20)19-15(21)8-11-4-3-7-24-11/h3-4,7H,2,5-6,8,10H2,1H3,(H,19,21). The number of hydrogen-bond acceptors (Lipinski definition) is 6. The van der Waals surface area contributed by atoms with Crippen LogP contribution in [0.2, 0.25) is 0 Å². The molecule has 2 aromatic rings. The summed E-state index contributed by atoms with van der Waals surface area (Å²) in [5, 5.41) is 14.8. The molecule has 6 nitrogen and oxygen atoms in total. The monoisotopic (exact) mass is 375 g/mol. The summed E-state index contributed by atoms with van der Waals surface area (Å²) in [6.07, 6.45) is 0.539. The van der Waals surface area contributed by atoms with E-state index in [1.54, 1.807) is 11.8 Å². The van der Waals surface area contributed by atoms with Crippen LogP contribution in [0.15, 0.2) is 17.5 Å². The maximum atomic E-state index is 12.2. The molecule has 0 aromatic carbocycles. The molecule has 0 unspecified atom stereocenters. The number of rotatable bonds is 4. The van der Waals surface area contributed by atoms with Gasteiger partial charge < -0.3 is 15.0 Å². The van der Waals surface area contributed by atoms with Gasteiger partial charge in [-0.1, -0.05) is 6.07 Å². The van der Waals surface area contributed by atoms with E-state index in [9.17, 15) is 14.9 Å². The number of carbonyl (C=O) groups excluding carboxylic acids is 2. The van der Waals surface area contributed by atoms with Crippen LogP contribution in [0.3, 0.4) is 0 Å². The van der Waals surface area contributed by atoms with Gasteiger partial charge in [0.2, 0.25) is 5.91 Å². The third kappa shape index (κ3) is 3.83. The van der Waals surface area contributed by atoms with Crippen molar-refractivity contribution in [3.05, 3.63) is 38.4 Å². The van der Waals surface area contributed by atoms with Gasteiger partial charge in [0.15, 0.2) is 0 Å². The lowest BCUT2D eigenvalue weighted by Crippen LogP contribution is -2.35. The van der Waals surface area contributed by atoms with Gasteiger partial charge in [-0.15, -0.1) is 22.7 Å². The Labute approximate surface area is 153 Å². The molecular weight excluding hydrogens is 358 g/mol. The van der Waals surface area contributed by atoms with Gasteiger partial charge in [0.05, 0.1) is 25.1 Å². The van der Waals surface area contributed by atoms with Crippen molar-refractivity contribution in [1.29, 1.82) is 5.26 Å². The zero-order valence-corrected chi connectivity index (χ0v) is 15.3. The highest BCUT2D eigenvalue weighted by Gasteiger charge is 2.28. The molecule has 1 aliphatic heterocycles. The Morgan fingerprint density at radius 2 is 2.32 bits per heavy atom. The first-order chi connectivity index (χ1) is 12.1. The minimum atomic E-state index is -0.344. The van der Waals surface area contributed by atoms with Crippen LogP contribution in [0.25, 0.3) is 0 Å². The van der Waals surface area contributed by atoms with E-state index in [0.29, 0.717) is 43.1 Å². The average Bonchev–Trinajstić information content (AvgIpc) is 3.21. The van der Waals surface area contributed by atoms with Crippen LogP contribution in [-0.2, 0) is 28.9 Å². The topological polar surface area (TPSA) is 82.4 Å². The first-order valence-electron chi connectivity index (χ1n) is 7.91. The number of thiophene rings is 2. The van der Waals surface area contributed by atoms with Crippen LogP contribution < -0.4 is 5.32 Å². The lowest BCUT2D eigenvalue weighted by atomic mass is 10.0. The van der Waals surface area contributed by atoms with Crippen molar-refractivity contribution in [2.24, 2.45) is 0 Å². The summed E-state index contributed by atoms with van der Waals surface area (Å²) < 4.78 is 5.04. The number of ether oxygens (including phenoxy) is 1. The van der Waals surface area contributed by atoms with E-state index in [1.807, 2.05) is 17.5 Å².